The molecule has 0 aliphatic heterocycles. The molecule has 2 heterocycles. The van der Waals surface area contributed by atoms with Crippen molar-refractivity contribution in [3.05, 3.63) is 26.6 Å². The van der Waals surface area contributed by atoms with Crippen LogP contribution in [0.5, 0.6) is 0 Å². The normalized spacial score (nSPS) is 24.5. The number of H-pyrrole nitrogens is 1. The molecular weight excluding hydrogens is 276 g/mol. The summed E-state index contributed by atoms with van der Waals surface area (Å²) in [6, 6.07) is 2.18. The number of thiophene rings is 1. The third-order valence-electron chi connectivity index (χ3n) is 4.19. The zero-order valence-corrected chi connectivity index (χ0v) is 12.6. The van der Waals surface area contributed by atoms with Crippen molar-refractivity contribution >= 4 is 33.8 Å². The van der Waals surface area contributed by atoms with E-state index in [4.69, 9.17) is 12.2 Å². The Kier molecular flexibility index (Phi) is 3.58. The number of hydrogen-bond donors (Lipinski definition) is 1. The van der Waals surface area contributed by atoms with Gasteiger partial charge in [0.2, 0.25) is 0 Å². The smallest absolute Gasteiger partial charge is 0.272 e. The molecular formula is C14H18N2OS2. The Bertz CT molecular complexity index is 697. The van der Waals surface area contributed by atoms with Crippen molar-refractivity contribution in [3.8, 4) is 0 Å². The number of fused-ring (bicyclic) bond motifs is 1. The molecule has 0 amide bonds. The average molecular weight is 294 g/mol. The fourth-order valence-electron chi connectivity index (χ4n) is 3.11. The highest BCUT2D eigenvalue weighted by atomic mass is 32.1. The minimum Gasteiger partial charge on any atom is -0.331 e. The Morgan fingerprint density at radius 2 is 2.16 bits per heavy atom. The molecule has 1 aliphatic rings. The highest BCUT2D eigenvalue weighted by molar-refractivity contribution is 7.71. The predicted octanol–water partition coefficient (Wildman–Crippen LogP) is 4.26. The Morgan fingerprint density at radius 1 is 1.37 bits per heavy atom. The van der Waals surface area contributed by atoms with Gasteiger partial charge in [-0.25, -0.2) is 0 Å². The molecule has 0 bridgehead atoms. The summed E-state index contributed by atoms with van der Waals surface area (Å²) in [5.41, 5.74) is 0.963. The van der Waals surface area contributed by atoms with Gasteiger partial charge in [-0.1, -0.05) is 26.2 Å². The van der Waals surface area contributed by atoms with Gasteiger partial charge in [0, 0.05) is 6.04 Å². The van der Waals surface area contributed by atoms with Crippen LogP contribution in [-0.4, -0.2) is 9.55 Å². The zero-order valence-electron chi connectivity index (χ0n) is 11.0. The maximum absolute atomic E-state index is 12.7. The van der Waals surface area contributed by atoms with Gasteiger partial charge in [0.15, 0.2) is 4.77 Å². The summed E-state index contributed by atoms with van der Waals surface area (Å²) < 4.78 is 3.21. The van der Waals surface area contributed by atoms with Crippen LogP contribution < -0.4 is 5.56 Å². The van der Waals surface area contributed by atoms with E-state index in [0.29, 0.717) is 10.7 Å². The van der Waals surface area contributed by atoms with Crippen LogP contribution in [0.15, 0.2) is 16.2 Å². The first kappa shape index (κ1) is 13.1. The zero-order chi connectivity index (χ0) is 13.4. The number of hydrogen-bond acceptors (Lipinski definition) is 3. The van der Waals surface area contributed by atoms with Crippen LogP contribution in [-0.2, 0) is 0 Å². The van der Waals surface area contributed by atoms with Gasteiger partial charge in [0.25, 0.3) is 5.56 Å². The summed E-state index contributed by atoms with van der Waals surface area (Å²) in [5, 5.41) is 1.94. The Morgan fingerprint density at radius 3 is 3.00 bits per heavy atom. The molecule has 102 valence electrons. The third kappa shape index (κ3) is 2.30. The van der Waals surface area contributed by atoms with E-state index in [9.17, 15) is 4.79 Å². The summed E-state index contributed by atoms with van der Waals surface area (Å²) in [6.07, 6.45) is 5.99. The summed E-state index contributed by atoms with van der Waals surface area (Å²) in [6.45, 7) is 2.25. The summed E-state index contributed by atoms with van der Waals surface area (Å²) >= 11 is 6.92. The third-order valence-corrected chi connectivity index (χ3v) is 5.39. The molecule has 1 fully saturated rings. The molecule has 0 radical (unpaired) electrons. The summed E-state index contributed by atoms with van der Waals surface area (Å²) in [5.74, 6) is 0.521. The van der Waals surface area contributed by atoms with Gasteiger partial charge < -0.3 is 4.98 Å². The van der Waals surface area contributed by atoms with Crippen LogP contribution in [0, 0.1) is 10.7 Å². The van der Waals surface area contributed by atoms with Crippen LogP contribution >= 0.6 is 23.6 Å². The van der Waals surface area contributed by atoms with Crippen molar-refractivity contribution in [2.45, 2.75) is 45.1 Å². The molecule has 2 aromatic heterocycles. The maximum atomic E-state index is 12.7. The number of aromatic nitrogens is 2. The molecule has 5 heteroatoms. The Labute approximate surface area is 121 Å². The van der Waals surface area contributed by atoms with E-state index in [1.807, 2.05) is 16.0 Å². The van der Waals surface area contributed by atoms with Crippen LogP contribution in [0.25, 0.3) is 10.2 Å². The molecule has 2 atom stereocenters. The average Bonchev–Trinajstić information content (AvgIpc) is 2.74. The van der Waals surface area contributed by atoms with Crippen molar-refractivity contribution in [1.29, 1.82) is 0 Å². The predicted molar refractivity (Wildman–Crippen MR) is 82.6 cm³/mol. The molecule has 0 spiro atoms. The van der Waals surface area contributed by atoms with Gasteiger partial charge in [-0.15, -0.1) is 11.3 Å². The first-order valence-electron chi connectivity index (χ1n) is 6.90. The van der Waals surface area contributed by atoms with Crippen molar-refractivity contribution in [2.75, 3.05) is 0 Å². The molecule has 2 unspecified atom stereocenters. The standard InChI is InChI=1S/C14H18N2OS2/c1-9-5-3-2-4-6-11(9)16-13(17)12-10(7-8-19-12)15-14(16)18/h7-9,11H,2-6H2,1H3,(H,15,18). The molecule has 2 aromatic rings. The fraction of sp³-hybridized carbons (Fsp3) is 0.571. The van der Waals surface area contributed by atoms with Crippen molar-refractivity contribution in [3.63, 3.8) is 0 Å². The Balaban J connectivity index is 2.18. The van der Waals surface area contributed by atoms with Gasteiger partial charge in [-0.2, -0.15) is 0 Å². The largest absolute Gasteiger partial charge is 0.331 e. The minimum atomic E-state index is 0.0903. The van der Waals surface area contributed by atoms with Gasteiger partial charge in [0.1, 0.15) is 4.70 Å². The second-order valence-corrected chi connectivity index (χ2v) is 6.75. The number of nitrogens with zero attached hydrogens (tertiary/aromatic N) is 1. The topological polar surface area (TPSA) is 37.8 Å². The molecule has 3 rings (SSSR count). The molecule has 19 heavy (non-hydrogen) atoms. The Hall–Kier alpha value is -0.940. The van der Waals surface area contributed by atoms with E-state index in [1.165, 1.54) is 37.0 Å². The number of aromatic amines is 1. The quantitative estimate of drug-likeness (QED) is 0.630. The maximum Gasteiger partial charge on any atom is 0.272 e. The van der Waals surface area contributed by atoms with Crippen molar-refractivity contribution in [1.82, 2.24) is 9.55 Å². The van der Waals surface area contributed by atoms with Crippen LogP contribution in [0.2, 0.25) is 0 Å². The van der Waals surface area contributed by atoms with E-state index in [-0.39, 0.29) is 11.6 Å². The van der Waals surface area contributed by atoms with Gasteiger partial charge in [0.05, 0.1) is 5.52 Å². The lowest BCUT2D eigenvalue weighted by molar-refractivity contribution is 0.322. The lowest BCUT2D eigenvalue weighted by atomic mass is 9.97. The van der Waals surface area contributed by atoms with Crippen molar-refractivity contribution < 1.29 is 0 Å². The highest BCUT2D eigenvalue weighted by Gasteiger charge is 2.24. The van der Waals surface area contributed by atoms with E-state index in [2.05, 4.69) is 11.9 Å². The van der Waals surface area contributed by atoms with E-state index in [0.717, 1.165) is 16.6 Å². The molecule has 3 nitrogen and oxygen atoms in total. The minimum absolute atomic E-state index is 0.0903. The summed E-state index contributed by atoms with van der Waals surface area (Å²) in [7, 11) is 0. The summed E-state index contributed by atoms with van der Waals surface area (Å²) in [4.78, 5) is 15.9. The molecule has 0 saturated heterocycles. The van der Waals surface area contributed by atoms with E-state index >= 15 is 0 Å². The van der Waals surface area contributed by atoms with Gasteiger partial charge >= 0.3 is 0 Å². The molecule has 1 saturated carbocycles. The van der Waals surface area contributed by atoms with Crippen LogP contribution in [0.3, 0.4) is 0 Å². The van der Waals surface area contributed by atoms with Crippen molar-refractivity contribution in [2.24, 2.45) is 5.92 Å². The second-order valence-electron chi connectivity index (χ2n) is 5.45. The lowest BCUT2D eigenvalue weighted by Gasteiger charge is -2.23. The SMILES string of the molecule is CC1CCCCCC1n1c(=S)[nH]c2ccsc2c1=O. The van der Waals surface area contributed by atoms with Gasteiger partial charge in [-0.3, -0.25) is 9.36 Å². The fourth-order valence-corrected chi connectivity index (χ4v) is 4.22. The monoisotopic (exact) mass is 294 g/mol. The van der Waals surface area contributed by atoms with Gasteiger partial charge in [-0.05, 0) is 42.4 Å². The molecule has 0 aromatic carbocycles. The lowest BCUT2D eigenvalue weighted by Crippen LogP contribution is -2.29. The first-order valence-corrected chi connectivity index (χ1v) is 8.19. The van der Waals surface area contributed by atoms with Crippen LogP contribution in [0.1, 0.15) is 45.1 Å². The molecule has 1 N–H and O–H groups in total. The first-order chi connectivity index (χ1) is 9.18. The number of nitrogens with one attached hydrogen (secondary N) is 1. The number of rotatable bonds is 1. The highest BCUT2D eigenvalue weighted by Crippen LogP contribution is 2.32. The second kappa shape index (κ2) is 5.21. The van der Waals surface area contributed by atoms with E-state index in [1.54, 1.807) is 0 Å². The van der Waals surface area contributed by atoms with E-state index < -0.39 is 0 Å². The van der Waals surface area contributed by atoms with Crippen LogP contribution in [0.4, 0.5) is 0 Å². The molecule has 1 aliphatic carbocycles.